The number of sulfonamides is 1. The quantitative estimate of drug-likeness (QED) is 0.882. The van der Waals surface area contributed by atoms with E-state index in [2.05, 4.69) is 19.2 Å². The third-order valence-corrected chi connectivity index (χ3v) is 6.15. The van der Waals surface area contributed by atoms with E-state index in [4.69, 9.17) is 5.73 Å². The number of hydrogen-bond donors (Lipinski definition) is 2. The lowest BCUT2D eigenvalue weighted by molar-refractivity contribution is 0.117. The van der Waals surface area contributed by atoms with Crippen LogP contribution in [-0.4, -0.2) is 38.9 Å². The van der Waals surface area contributed by atoms with Gasteiger partial charge in [0.05, 0.1) is 4.90 Å². The third-order valence-electron chi connectivity index (χ3n) is 4.32. The molecule has 1 aliphatic carbocycles. The molecule has 0 aliphatic heterocycles. The first-order chi connectivity index (χ1) is 9.15. The van der Waals surface area contributed by atoms with Crippen LogP contribution in [0, 0.1) is 5.41 Å². The predicted octanol–water partition coefficient (Wildman–Crippen LogP) is 1.47. The highest BCUT2D eigenvalue weighted by Crippen LogP contribution is 2.40. The standard InChI is InChI=1S/C14H23N3O2S/c1-14(2)12(15)9-13(14)16-10-5-7-11(8-6-10)20(18,19)17(3)4/h5-8,12-13,16H,9,15H2,1-4H3. The van der Waals surface area contributed by atoms with Crippen LogP contribution in [0.25, 0.3) is 0 Å². The maximum atomic E-state index is 12.0. The van der Waals surface area contributed by atoms with Crippen molar-refractivity contribution in [2.45, 2.75) is 37.2 Å². The molecule has 2 atom stereocenters. The minimum Gasteiger partial charge on any atom is -0.382 e. The molecule has 2 rings (SSSR count). The van der Waals surface area contributed by atoms with Crippen LogP contribution < -0.4 is 11.1 Å². The Morgan fingerprint density at radius 2 is 1.80 bits per heavy atom. The number of rotatable bonds is 4. The Kier molecular flexibility index (Phi) is 3.83. The number of nitrogens with two attached hydrogens (primary N) is 1. The monoisotopic (exact) mass is 297 g/mol. The Balaban J connectivity index is 2.11. The summed E-state index contributed by atoms with van der Waals surface area (Å²) < 4.78 is 25.1. The number of hydrogen-bond acceptors (Lipinski definition) is 4. The summed E-state index contributed by atoms with van der Waals surface area (Å²) in [5.41, 5.74) is 6.98. The van der Waals surface area contributed by atoms with Gasteiger partial charge in [0.25, 0.3) is 0 Å². The summed E-state index contributed by atoms with van der Waals surface area (Å²) >= 11 is 0. The van der Waals surface area contributed by atoms with Gasteiger partial charge in [-0.3, -0.25) is 0 Å². The van der Waals surface area contributed by atoms with Gasteiger partial charge in [-0.05, 0) is 30.7 Å². The largest absolute Gasteiger partial charge is 0.382 e. The van der Waals surface area contributed by atoms with Crippen LogP contribution in [0.2, 0.25) is 0 Å². The first kappa shape index (κ1) is 15.3. The highest BCUT2D eigenvalue weighted by molar-refractivity contribution is 7.89. The summed E-state index contributed by atoms with van der Waals surface area (Å²) in [5, 5.41) is 3.42. The topological polar surface area (TPSA) is 75.4 Å². The molecule has 5 nitrogen and oxygen atoms in total. The van der Waals surface area contributed by atoms with Crippen LogP contribution >= 0.6 is 0 Å². The summed E-state index contributed by atoms with van der Waals surface area (Å²) in [6.07, 6.45) is 0.935. The van der Waals surface area contributed by atoms with E-state index < -0.39 is 10.0 Å². The summed E-state index contributed by atoms with van der Waals surface area (Å²) in [7, 11) is -0.305. The van der Waals surface area contributed by atoms with Crippen molar-refractivity contribution < 1.29 is 8.42 Å². The average Bonchev–Trinajstić information content (AvgIpc) is 2.39. The van der Waals surface area contributed by atoms with Crippen molar-refractivity contribution in [3.63, 3.8) is 0 Å². The van der Waals surface area contributed by atoms with Crippen molar-refractivity contribution in [2.75, 3.05) is 19.4 Å². The molecule has 0 spiro atoms. The highest BCUT2D eigenvalue weighted by Gasteiger charge is 2.45. The molecular formula is C14H23N3O2S. The molecule has 1 aliphatic rings. The fraction of sp³-hybridized carbons (Fsp3) is 0.571. The summed E-state index contributed by atoms with van der Waals surface area (Å²) in [4.78, 5) is 0.303. The Bertz CT molecular complexity index is 579. The molecule has 1 fully saturated rings. The van der Waals surface area contributed by atoms with Crippen molar-refractivity contribution >= 4 is 15.7 Å². The van der Waals surface area contributed by atoms with Crippen LogP contribution in [0.5, 0.6) is 0 Å². The second-order valence-corrected chi connectivity index (χ2v) is 8.32. The molecule has 6 heteroatoms. The minimum absolute atomic E-state index is 0.0639. The lowest BCUT2D eigenvalue weighted by Crippen LogP contribution is -2.61. The van der Waals surface area contributed by atoms with Crippen molar-refractivity contribution in [3.05, 3.63) is 24.3 Å². The van der Waals surface area contributed by atoms with Gasteiger partial charge in [-0.2, -0.15) is 0 Å². The molecule has 2 unspecified atom stereocenters. The van der Waals surface area contributed by atoms with E-state index in [0.717, 1.165) is 12.1 Å². The maximum absolute atomic E-state index is 12.0. The lowest BCUT2D eigenvalue weighted by Gasteiger charge is -2.51. The molecule has 20 heavy (non-hydrogen) atoms. The van der Waals surface area contributed by atoms with Gasteiger partial charge in [0.15, 0.2) is 0 Å². The molecule has 1 aromatic rings. The first-order valence-corrected chi connectivity index (χ1v) is 8.14. The zero-order valence-corrected chi connectivity index (χ0v) is 13.2. The summed E-state index contributed by atoms with van der Waals surface area (Å²) in [6.45, 7) is 4.29. The Morgan fingerprint density at radius 3 is 2.20 bits per heavy atom. The van der Waals surface area contributed by atoms with Crippen molar-refractivity contribution in [2.24, 2.45) is 11.1 Å². The van der Waals surface area contributed by atoms with Gasteiger partial charge in [0.1, 0.15) is 0 Å². The summed E-state index contributed by atoms with van der Waals surface area (Å²) in [6, 6.07) is 7.40. The number of nitrogens with zero attached hydrogens (tertiary/aromatic N) is 1. The molecular weight excluding hydrogens is 274 g/mol. The minimum atomic E-state index is -3.36. The van der Waals surface area contributed by atoms with Gasteiger partial charge >= 0.3 is 0 Å². The van der Waals surface area contributed by atoms with Gasteiger partial charge < -0.3 is 11.1 Å². The number of benzene rings is 1. The van der Waals surface area contributed by atoms with Crippen molar-refractivity contribution in [1.82, 2.24) is 4.31 Å². The van der Waals surface area contributed by atoms with E-state index in [1.807, 2.05) is 0 Å². The van der Waals surface area contributed by atoms with Crippen LogP contribution in [0.3, 0.4) is 0 Å². The van der Waals surface area contributed by atoms with Crippen LogP contribution in [0.4, 0.5) is 5.69 Å². The molecule has 0 saturated heterocycles. The Hall–Kier alpha value is -1.11. The predicted molar refractivity (Wildman–Crippen MR) is 81.1 cm³/mol. The number of anilines is 1. The molecule has 112 valence electrons. The Morgan fingerprint density at radius 1 is 1.25 bits per heavy atom. The van der Waals surface area contributed by atoms with Gasteiger partial charge in [-0.15, -0.1) is 0 Å². The van der Waals surface area contributed by atoms with E-state index in [0.29, 0.717) is 10.9 Å². The zero-order valence-electron chi connectivity index (χ0n) is 12.4. The van der Waals surface area contributed by atoms with Crippen LogP contribution in [0.15, 0.2) is 29.2 Å². The van der Waals surface area contributed by atoms with E-state index >= 15 is 0 Å². The summed E-state index contributed by atoms with van der Waals surface area (Å²) in [5.74, 6) is 0. The smallest absolute Gasteiger partial charge is 0.242 e. The van der Waals surface area contributed by atoms with E-state index in [-0.39, 0.29) is 11.5 Å². The Labute approximate surface area is 121 Å². The maximum Gasteiger partial charge on any atom is 0.242 e. The molecule has 1 saturated carbocycles. The van der Waals surface area contributed by atoms with Crippen molar-refractivity contribution in [1.29, 1.82) is 0 Å². The van der Waals surface area contributed by atoms with E-state index in [1.54, 1.807) is 24.3 Å². The van der Waals surface area contributed by atoms with Crippen LogP contribution in [-0.2, 0) is 10.0 Å². The SMILES string of the molecule is CN(C)S(=O)(=O)c1ccc(NC2CC(N)C2(C)C)cc1. The van der Waals surface area contributed by atoms with Crippen molar-refractivity contribution in [3.8, 4) is 0 Å². The number of nitrogens with one attached hydrogen (secondary N) is 1. The molecule has 1 aromatic carbocycles. The normalized spacial score (nSPS) is 25.3. The molecule has 3 N–H and O–H groups in total. The molecule has 0 bridgehead atoms. The average molecular weight is 297 g/mol. The fourth-order valence-corrected chi connectivity index (χ4v) is 3.24. The van der Waals surface area contributed by atoms with Gasteiger partial charge in [-0.25, -0.2) is 12.7 Å². The van der Waals surface area contributed by atoms with Gasteiger partial charge in [0, 0.05) is 37.3 Å². The van der Waals surface area contributed by atoms with E-state index in [1.165, 1.54) is 18.4 Å². The third kappa shape index (κ3) is 2.55. The van der Waals surface area contributed by atoms with E-state index in [9.17, 15) is 8.42 Å². The molecule has 0 aromatic heterocycles. The highest BCUT2D eigenvalue weighted by atomic mass is 32.2. The second kappa shape index (κ2) is 5.02. The van der Waals surface area contributed by atoms with Gasteiger partial charge in [0.2, 0.25) is 10.0 Å². The fourth-order valence-electron chi connectivity index (χ4n) is 2.34. The molecule has 0 heterocycles. The first-order valence-electron chi connectivity index (χ1n) is 6.70. The zero-order chi connectivity index (χ0) is 15.1. The molecule has 0 radical (unpaired) electrons. The van der Waals surface area contributed by atoms with Crippen LogP contribution in [0.1, 0.15) is 20.3 Å². The van der Waals surface area contributed by atoms with Gasteiger partial charge in [-0.1, -0.05) is 13.8 Å². The lowest BCUT2D eigenvalue weighted by atomic mass is 9.63. The molecule has 0 amide bonds. The second-order valence-electron chi connectivity index (χ2n) is 6.17.